The minimum Gasteiger partial charge on any atom is -0.301 e. The molecule has 0 aliphatic carbocycles. The van der Waals surface area contributed by atoms with Gasteiger partial charge in [-0.1, -0.05) is 48.6 Å². The van der Waals surface area contributed by atoms with Crippen molar-refractivity contribution >= 4 is 17.8 Å². The molecule has 0 atom stereocenters. The number of rotatable bonds is 4. The molecule has 0 aliphatic rings. The van der Waals surface area contributed by atoms with E-state index in [1.165, 1.54) is 12.2 Å². The van der Waals surface area contributed by atoms with Gasteiger partial charge in [0.1, 0.15) is 5.69 Å². The van der Waals surface area contributed by atoms with Gasteiger partial charge in [0.25, 0.3) is 0 Å². The summed E-state index contributed by atoms with van der Waals surface area (Å²) in [5.41, 5.74) is -1.71. The lowest BCUT2D eigenvalue weighted by Crippen LogP contribution is -2.25. The molecule has 21 heavy (non-hydrogen) atoms. The number of hydrogen-bond acceptors (Lipinski definition) is 4. The number of nitrogens with one attached hydrogen (secondary N) is 2. The summed E-state index contributed by atoms with van der Waals surface area (Å²) in [6, 6.07) is 9.42. The third-order valence-electron chi connectivity index (χ3n) is 2.59. The van der Waals surface area contributed by atoms with Crippen LogP contribution < -0.4 is 11.2 Å². The number of benzene rings is 1. The van der Waals surface area contributed by atoms with E-state index in [4.69, 9.17) is 0 Å². The molecule has 0 amide bonds. The van der Waals surface area contributed by atoms with Gasteiger partial charge in [-0.2, -0.15) is 0 Å². The van der Waals surface area contributed by atoms with Crippen LogP contribution in [0.1, 0.15) is 11.3 Å². The molecule has 0 saturated heterocycles. The zero-order valence-electron chi connectivity index (χ0n) is 10.8. The standard InChI is InChI=1S/C14H11N3O4/c18-13-12(17(20)21)11(15-14(19)16-13)9-5-4-8-10-6-2-1-3-7-10/h1-9H,(H2,15,16,18,19)/b8-4+,9-5+. The van der Waals surface area contributed by atoms with Crippen LogP contribution in [0.15, 0.2) is 52.1 Å². The Hall–Kier alpha value is -3.22. The Kier molecular flexibility index (Phi) is 4.25. The van der Waals surface area contributed by atoms with Crippen LogP contribution in [-0.4, -0.2) is 14.9 Å². The summed E-state index contributed by atoms with van der Waals surface area (Å²) in [7, 11) is 0. The van der Waals surface area contributed by atoms with E-state index in [2.05, 4.69) is 4.98 Å². The van der Waals surface area contributed by atoms with E-state index in [1.807, 2.05) is 35.3 Å². The molecule has 0 spiro atoms. The number of hydrogen-bond donors (Lipinski definition) is 2. The number of aromatic amines is 2. The molecule has 0 aliphatic heterocycles. The lowest BCUT2D eigenvalue weighted by atomic mass is 10.2. The normalized spacial score (nSPS) is 11.2. The number of nitro groups is 1. The number of allylic oxidation sites excluding steroid dienone is 2. The molecule has 2 rings (SSSR count). The summed E-state index contributed by atoms with van der Waals surface area (Å²) in [5, 5.41) is 10.8. The van der Waals surface area contributed by atoms with Crippen molar-refractivity contribution < 1.29 is 4.92 Å². The van der Waals surface area contributed by atoms with Crippen molar-refractivity contribution in [3.8, 4) is 0 Å². The average Bonchev–Trinajstić information content (AvgIpc) is 2.43. The Morgan fingerprint density at radius 2 is 1.67 bits per heavy atom. The molecule has 7 heteroatoms. The second kappa shape index (κ2) is 6.29. The summed E-state index contributed by atoms with van der Waals surface area (Å²) >= 11 is 0. The van der Waals surface area contributed by atoms with Crippen LogP contribution in [-0.2, 0) is 0 Å². The topological polar surface area (TPSA) is 109 Å². The zero-order chi connectivity index (χ0) is 15.2. The highest BCUT2D eigenvalue weighted by atomic mass is 16.6. The van der Waals surface area contributed by atoms with Gasteiger partial charge in [0.15, 0.2) is 0 Å². The first-order valence-electron chi connectivity index (χ1n) is 5.99. The van der Waals surface area contributed by atoms with Crippen molar-refractivity contribution in [3.05, 3.63) is 84.7 Å². The third kappa shape index (κ3) is 3.63. The molecule has 0 fully saturated rings. The van der Waals surface area contributed by atoms with Gasteiger partial charge in [-0.25, -0.2) is 4.79 Å². The van der Waals surface area contributed by atoms with E-state index >= 15 is 0 Å². The highest BCUT2D eigenvalue weighted by Crippen LogP contribution is 2.10. The molecule has 0 radical (unpaired) electrons. The van der Waals surface area contributed by atoms with E-state index in [9.17, 15) is 19.7 Å². The zero-order valence-corrected chi connectivity index (χ0v) is 10.8. The summed E-state index contributed by atoms with van der Waals surface area (Å²) in [6.45, 7) is 0. The molecule has 1 aromatic carbocycles. The summed E-state index contributed by atoms with van der Waals surface area (Å²) in [4.78, 5) is 36.6. The molecule has 106 valence electrons. The van der Waals surface area contributed by atoms with Crippen molar-refractivity contribution in [1.29, 1.82) is 0 Å². The molecular formula is C14H11N3O4. The van der Waals surface area contributed by atoms with E-state index in [1.54, 1.807) is 12.2 Å². The SMILES string of the molecule is O=c1[nH]c(/C=C/C=C/c2ccccc2)c([N+](=O)[O-])c(=O)[nH]1. The predicted octanol–water partition coefficient (Wildman–Crippen LogP) is 1.70. The summed E-state index contributed by atoms with van der Waals surface area (Å²) in [6.07, 6.45) is 6.24. The molecule has 7 nitrogen and oxygen atoms in total. The van der Waals surface area contributed by atoms with E-state index < -0.39 is 21.9 Å². The smallest absolute Gasteiger partial charge is 0.301 e. The van der Waals surface area contributed by atoms with Crippen LogP contribution in [0.4, 0.5) is 5.69 Å². The van der Waals surface area contributed by atoms with E-state index in [-0.39, 0.29) is 5.69 Å². The van der Waals surface area contributed by atoms with Gasteiger partial charge in [-0.15, -0.1) is 0 Å². The Labute approximate surface area is 118 Å². The van der Waals surface area contributed by atoms with Gasteiger partial charge in [-0.3, -0.25) is 19.9 Å². The first-order valence-corrected chi connectivity index (χ1v) is 5.99. The first kappa shape index (κ1) is 14.2. The van der Waals surface area contributed by atoms with Gasteiger partial charge in [0.2, 0.25) is 0 Å². The third-order valence-corrected chi connectivity index (χ3v) is 2.59. The highest BCUT2D eigenvalue weighted by molar-refractivity contribution is 5.59. The Morgan fingerprint density at radius 3 is 2.33 bits per heavy atom. The molecular weight excluding hydrogens is 274 g/mol. The summed E-state index contributed by atoms with van der Waals surface area (Å²) in [5.74, 6) is 0. The molecule has 2 aromatic rings. The van der Waals surface area contributed by atoms with Gasteiger partial charge in [-0.05, 0) is 11.6 Å². The van der Waals surface area contributed by atoms with Gasteiger partial charge >= 0.3 is 16.9 Å². The fourth-order valence-electron chi connectivity index (χ4n) is 1.68. The highest BCUT2D eigenvalue weighted by Gasteiger charge is 2.18. The monoisotopic (exact) mass is 285 g/mol. The average molecular weight is 285 g/mol. The van der Waals surface area contributed by atoms with Crippen molar-refractivity contribution in [2.75, 3.05) is 0 Å². The molecule has 1 heterocycles. The summed E-state index contributed by atoms with van der Waals surface area (Å²) < 4.78 is 0. The number of nitrogens with zero attached hydrogens (tertiary/aromatic N) is 1. The lowest BCUT2D eigenvalue weighted by Gasteiger charge is -1.95. The Bertz CT molecular complexity index is 816. The fraction of sp³-hybridized carbons (Fsp3) is 0. The fourth-order valence-corrected chi connectivity index (χ4v) is 1.68. The van der Waals surface area contributed by atoms with E-state index in [0.717, 1.165) is 5.56 Å². The maximum atomic E-state index is 11.4. The predicted molar refractivity (Wildman–Crippen MR) is 78.8 cm³/mol. The van der Waals surface area contributed by atoms with Crippen LogP contribution >= 0.6 is 0 Å². The Balaban J connectivity index is 2.29. The maximum Gasteiger partial charge on any atom is 0.357 e. The second-order valence-electron chi connectivity index (χ2n) is 4.06. The largest absolute Gasteiger partial charge is 0.357 e. The first-order chi connectivity index (χ1) is 10.1. The quantitative estimate of drug-likeness (QED) is 0.506. The van der Waals surface area contributed by atoms with Crippen LogP contribution in [0, 0.1) is 10.1 Å². The minimum atomic E-state index is -1.03. The maximum absolute atomic E-state index is 11.4. The molecule has 0 bridgehead atoms. The van der Waals surface area contributed by atoms with Crippen LogP contribution in [0.5, 0.6) is 0 Å². The number of aromatic nitrogens is 2. The van der Waals surface area contributed by atoms with Crippen molar-refractivity contribution in [2.24, 2.45) is 0 Å². The molecule has 1 aromatic heterocycles. The van der Waals surface area contributed by atoms with Crippen molar-refractivity contribution in [2.45, 2.75) is 0 Å². The van der Waals surface area contributed by atoms with Crippen molar-refractivity contribution in [1.82, 2.24) is 9.97 Å². The molecule has 0 unspecified atom stereocenters. The lowest BCUT2D eigenvalue weighted by molar-refractivity contribution is -0.386. The second-order valence-corrected chi connectivity index (χ2v) is 4.06. The molecule has 0 saturated carbocycles. The van der Waals surface area contributed by atoms with Crippen molar-refractivity contribution in [3.63, 3.8) is 0 Å². The Morgan fingerprint density at radius 1 is 1.00 bits per heavy atom. The van der Waals surface area contributed by atoms with Crippen LogP contribution in [0.2, 0.25) is 0 Å². The van der Waals surface area contributed by atoms with Crippen LogP contribution in [0.25, 0.3) is 12.2 Å². The van der Waals surface area contributed by atoms with Crippen LogP contribution in [0.3, 0.4) is 0 Å². The minimum absolute atomic E-state index is 0.147. The van der Waals surface area contributed by atoms with Gasteiger partial charge < -0.3 is 4.98 Å². The van der Waals surface area contributed by atoms with E-state index in [0.29, 0.717) is 0 Å². The van der Waals surface area contributed by atoms with Gasteiger partial charge in [0, 0.05) is 0 Å². The van der Waals surface area contributed by atoms with Gasteiger partial charge in [0.05, 0.1) is 4.92 Å². The molecule has 2 N–H and O–H groups in total. The number of H-pyrrole nitrogens is 2.